The summed E-state index contributed by atoms with van der Waals surface area (Å²) in [6.45, 7) is 0. The number of rotatable bonds is 1. The van der Waals surface area contributed by atoms with Crippen molar-refractivity contribution < 1.29 is 0 Å². The van der Waals surface area contributed by atoms with Gasteiger partial charge in [-0.2, -0.15) is 0 Å². The fourth-order valence-corrected chi connectivity index (χ4v) is 4.38. The maximum Gasteiger partial charge on any atom is 0.372 e. The Morgan fingerprint density at radius 3 is 2.18 bits per heavy atom. The summed E-state index contributed by atoms with van der Waals surface area (Å²) in [5.41, 5.74) is 2.83. The lowest BCUT2D eigenvalue weighted by molar-refractivity contribution is 1.03. The third-order valence-electron chi connectivity index (χ3n) is 2.22. The number of allylic oxidation sites excluding steroid dienone is 4. The van der Waals surface area contributed by atoms with Gasteiger partial charge in [0.25, 0.3) is 0 Å². The van der Waals surface area contributed by atoms with E-state index in [-0.39, 0.29) is 0 Å². The predicted octanol–water partition coefficient (Wildman–Crippen LogP) is 3.60. The van der Waals surface area contributed by atoms with E-state index in [0.717, 1.165) is 18.0 Å². The molecule has 0 nitrogen and oxygen atoms in total. The third-order valence-corrected chi connectivity index (χ3v) is 5.16. The Morgan fingerprint density at radius 1 is 1.18 bits per heavy atom. The molecule has 0 unspecified atom stereocenters. The maximum absolute atomic E-state index is 5.90. The molecule has 2 aliphatic carbocycles. The molecule has 0 aromatic rings. The summed E-state index contributed by atoms with van der Waals surface area (Å²) in [6.07, 6.45) is 5.49. The third kappa shape index (κ3) is 1.40. The van der Waals surface area contributed by atoms with Crippen LogP contribution in [0.1, 0.15) is 19.3 Å². The first kappa shape index (κ1) is 8.18. The minimum atomic E-state index is -2.56. The number of halogens is 3. The molecule has 0 spiro atoms. The van der Waals surface area contributed by atoms with Crippen LogP contribution in [0.2, 0.25) is 0 Å². The van der Waals surface area contributed by atoms with Gasteiger partial charge in [0.15, 0.2) is 0 Å². The molecule has 0 aromatic heterocycles. The highest BCUT2D eigenvalue weighted by molar-refractivity contribution is 7.67. The van der Waals surface area contributed by atoms with E-state index in [1.165, 1.54) is 17.6 Å². The average molecular weight is 226 g/mol. The van der Waals surface area contributed by atoms with Crippen molar-refractivity contribution in [1.82, 2.24) is 0 Å². The Balaban J connectivity index is 2.37. The second-order valence-electron chi connectivity index (χ2n) is 2.99. The number of hydrogen-bond acceptors (Lipinski definition) is 0. The Bertz CT molecular complexity index is 259. The Hall–Kier alpha value is 0.567. The van der Waals surface area contributed by atoms with Crippen LogP contribution in [0, 0.1) is 0 Å². The molecule has 1 fully saturated rings. The van der Waals surface area contributed by atoms with Crippen molar-refractivity contribution >= 4 is 39.2 Å². The van der Waals surface area contributed by atoms with Crippen LogP contribution in [0.5, 0.6) is 0 Å². The van der Waals surface area contributed by atoms with Crippen LogP contribution >= 0.6 is 33.2 Å². The molecule has 0 saturated heterocycles. The SMILES string of the molecule is Cl[Si](Cl)(Cl)C1=C2CCC(=C1)C2. The lowest BCUT2D eigenvalue weighted by Crippen LogP contribution is -2.14. The van der Waals surface area contributed by atoms with E-state index in [1.54, 1.807) is 0 Å². The minimum absolute atomic E-state index is 1.06. The van der Waals surface area contributed by atoms with Crippen molar-refractivity contribution in [2.45, 2.75) is 19.3 Å². The van der Waals surface area contributed by atoms with Gasteiger partial charge >= 0.3 is 6.00 Å². The summed E-state index contributed by atoms with van der Waals surface area (Å²) >= 11 is 17.7. The zero-order valence-electron chi connectivity index (χ0n) is 5.83. The van der Waals surface area contributed by atoms with E-state index in [2.05, 4.69) is 6.08 Å². The van der Waals surface area contributed by atoms with E-state index in [1.807, 2.05) is 0 Å². The van der Waals surface area contributed by atoms with Crippen LogP contribution in [0.15, 0.2) is 22.4 Å². The molecule has 2 bridgehead atoms. The molecule has 0 heterocycles. The summed E-state index contributed by atoms with van der Waals surface area (Å²) in [7, 11) is 0. The van der Waals surface area contributed by atoms with Crippen molar-refractivity contribution in [3.63, 3.8) is 0 Å². The Kier molecular flexibility index (Phi) is 1.88. The smallest absolute Gasteiger partial charge is 0.121 e. The van der Waals surface area contributed by atoms with Crippen LogP contribution < -0.4 is 0 Å². The lowest BCUT2D eigenvalue weighted by atomic mass is 10.2. The van der Waals surface area contributed by atoms with Gasteiger partial charge in [-0.1, -0.05) is 17.2 Å². The zero-order valence-corrected chi connectivity index (χ0v) is 9.10. The highest BCUT2D eigenvalue weighted by Crippen LogP contribution is 2.45. The highest BCUT2D eigenvalue weighted by Gasteiger charge is 2.37. The van der Waals surface area contributed by atoms with Gasteiger partial charge in [-0.15, -0.1) is 33.2 Å². The van der Waals surface area contributed by atoms with Crippen LogP contribution in [0.3, 0.4) is 0 Å². The molecule has 1 saturated carbocycles. The number of hydrogen-bond donors (Lipinski definition) is 0. The van der Waals surface area contributed by atoms with Gasteiger partial charge in [-0.25, -0.2) is 0 Å². The molecular formula is C7H7Cl3Si. The summed E-state index contributed by atoms with van der Waals surface area (Å²) < 4.78 is 0. The Morgan fingerprint density at radius 2 is 1.91 bits per heavy atom. The molecule has 11 heavy (non-hydrogen) atoms. The molecule has 0 atom stereocenters. The van der Waals surface area contributed by atoms with Crippen molar-refractivity contribution in [1.29, 1.82) is 0 Å². The van der Waals surface area contributed by atoms with Crippen LogP contribution in [-0.2, 0) is 0 Å². The first-order valence-electron chi connectivity index (χ1n) is 3.56. The molecule has 60 valence electrons. The average Bonchev–Trinajstić information content (AvgIpc) is 2.42. The molecule has 0 aromatic carbocycles. The van der Waals surface area contributed by atoms with Crippen molar-refractivity contribution in [3.8, 4) is 0 Å². The molecular weight excluding hydrogens is 219 g/mol. The monoisotopic (exact) mass is 224 g/mol. The maximum atomic E-state index is 5.90. The van der Waals surface area contributed by atoms with Gasteiger partial charge in [0.05, 0.1) is 0 Å². The van der Waals surface area contributed by atoms with Crippen molar-refractivity contribution in [2.75, 3.05) is 0 Å². The van der Waals surface area contributed by atoms with Crippen LogP contribution in [0.25, 0.3) is 0 Å². The predicted molar refractivity (Wildman–Crippen MR) is 52.3 cm³/mol. The van der Waals surface area contributed by atoms with Crippen LogP contribution in [-0.4, -0.2) is 6.00 Å². The number of fused-ring (bicyclic) bond motifs is 2. The van der Waals surface area contributed by atoms with Gasteiger partial charge in [0.1, 0.15) is 0 Å². The fourth-order valence-electron chi connectivity index (χ4n) is 1.70. The zero-order chi connectivity index (χ0) is 8.06. The van der Waals surface area contributed by atoms with E-state index >= 15 is 0 Å². The van der Waals surface area contributed by atoms with E-state index < -0.39 is 6.00 Å². The molecule has 0 aliphatic heterocycles. The minimum Gasteiger partial charge on any atom is -0.121 e. The largest absolute Gasteiger partial charge is 0.372 e. The first-order valence-corrected chi connectivity index (χ1v) is 8.59. The van der Waals surface area contributed by atoms with Gasteiger partial charge in [-0.3, -0.25) is 0 Å². The normalized spacial score (nSPS) is 23.0. The lowest BCUT2D eigenvalue weighted by Gasteiger charge is -2.11. The molecule has 2 aliphatic rings. The van der Waals surface area contributed by atoms with Crippen molar-refractivity contribution in [2.24, 2.45) is 0 Å². The standard InChI is InChI=1S/C7H7Cl3Si/c8-11(9,10)7-4-5-1-2-6(7)3-5/h4H,1-3H2. The fraction of sp³-hybridized carbons (Fsp3) is 0.429. The van der Waals surface area contributed by atoms with E-state index in [9.17, 15) is 0 Å². The van der Waals surface area contributed by atoms with E-state index in [4.69, 9.17) is 33.2 Å². The van der Waals surface area contributed by atoms with Gasteiger partial charge in [0, 0.05) is 0 Å². The summed E-state index contributed by atoms with van der Waals surface area (Å²) in [4.78, 5) is 0. The second kappa shape index (κ2) is 2.53. The quantitative estimate of drug-likeness (QED) is 0.472. The molecule has 0 N–H and O–H groups in total. The van der Waals surface area contributed by atoms with Gasteiger partial charge in [-0.05, 0) is 24.5 Å². The summed E-state index contributed by atoms with van der Waals surface area (Å²) in [5, 5.41) is 1.06. The molecule has 0 amide bonds. The Labute approximate surface area is 80.9 Å². The first-order chi connectivity index (χ1) is 5.07. The van der Waals surface area contributed by atoms with Gasteiger partial charge in [0.2, 0.25) is 0 Å². The highest BCUT2D eigenvalue weighted by atomic mass is 35.8. The van der Waals surface area contributed by atoms with Crippen molar-refractivity contribution in [3.05, 3.63) is 22.4 Å². The summed E-state index contributed by atoms with van der Waals surface area (Å²) in [5.74, 6) is 0. The molecule has 4 heteroatoms. The second-order valence-corrected chi connectivity index (χ2v) is 11.4. The molecule has 2 rings (SSSR count). The summed E-state index contributed by atoms with van der Waals surface area (Å²) in [6, 6.07) is -2.56. The molecule has 0 radical (unpaired) electrons. The van der Waals surface area contributed by atoms with Gasteiger partial charge < -0.3 is 0 Å². The topological polar surface area (TPSA) is 0 Å². The van der Waals surface area contributed by atoms with E-state index in [0.29, 0.717) is 0 Å². The van der Waals surface area contributed by atoms with Crippen LogP contribution in [0.4, 0.5) is 0 Å².